The minimum absolute atomic E-state index is 0.456. The molecule has 0 radical (unpaired) electrons. The van der Waals surface area contributed by atoms with Crippen LogP contribution in [0.15, 0.2) is 39.3 Å². The summed E-state index contributed by atoms with van der Waals surface area (Å²) in [5, 5.41) is 3.35. The molecule has 18 heavy (non-hydrogen) atoms. The van der Waals surface area contributed by atoms with Crippen LogP contribution in [0.5, 0.6) is 0 Å². The number of nitrogens with one attached hydrogen (secondary N) is 1. The van der Waals surface area contributed by atoms with E-state index in [0.717, 1.165) is 15.4 Å². The summed E-state index contributed by atoms with van der Waals surface area (Å²) in [7, 11) is 2.02. The highest BCUT2D eigenvalue weighted by molar-refractivity contribution is 9.11. The Labute approximate surface area is 129 Å². The first-order chi connectivity index (χ1) is 8.65. The third-order valence-corrected chi connectivity index (χ3v) is 5.31. The fourth-order valence-electron chi connectivity index (χ4n) is 1.92. The lowest BCUT2D eigenvalue weighted by atomic mass is 10.1. The van der Waals surface area contributed by atoms with Crippen molar-refractivity contribution in [3.05, 3.63) is 44.2 Å². The Morgan fingerprint density at radius 3 is 2.61 bits per heavy atom. The van der Waals surface area contributed by atoms with Gasteiger partial charge in [-0.3, -0.25) is 0 Å². The summed E-state index contributed by atoms with van der Waals surface area (Å²) in [6, 6.07) is 11.2. The van der Waals surface area contributed by atoms with Crippen molar-refractivity contribution in [2.45, 2.75) is 19.4 Å². The van der Waals surface area contributed by atoms with Gasteiger partial charge in [0.15, 0.2) is 0 Å². The summed E-state index contributed by atoms with van der Waals surface area (Å²) in [6.45, 7) is 2.20. The van der Waals surface area contributed by atoms with Crippen LogP contribution in [-0.2, 0) is 0 Å². The zero-order chi connectivity index (χ0) is 13.1. The van der Waals surface area contributed by atoms with E-state index in [0.29, 0.717) is 6.04 Å². The monoisotopic (exact) mass is 387 g/mol. The Hall–Kier alpha value is -0.160. The van der Waals surface area contributed by atoms with Gasteiger partial charge in [-0.1, -0.05) is 44.8 Å². The van der Waals surface area contributed by atoms with E-state index in [4.69, 9.17) is 0 Å². The lowest BCUT2D eigenvalue weighted by Gasteiger charge is -2.10. The largest absolute Gasteiger partial charge is 0.312 e. The molecule has 0 spiro atoms. The topological polar surface area (TPSA) is 12.0 Å². The third kappa shape index (κ3) is 3.05. The number of benzene rings is 1. The molecule has 0 aliphatic rings. The molecule has 1 N–H and O–H groups in total. The molecular formula is C14H15Br2NS. The summed E-state index contributed by atoms with van der Waals surface area (Å²) in [6.07, 6.45) is 1.11. The summed E-state index contributed by atoms with van der Waals surface area (Å²) in [4.78, 5) is 2.70. The second-order valence-corrected chi connectivity index (χ2v) is 6.96. The van der Waals surface area contributed by atoms with Crippen molar-refractivity contribution in [2.24, 2.45) is 0 Å². The standard InChI is InChI=1S/C14H15Br2NS/c1-3-12(17-2)14-7-6-13(18-14)10-5-4-9(15)8-11(10)16/h4-8,12,17H,3H2,1-2H3. The lowest BCUT2D eigenvalue weighted by molar-refractivity contribution is 0.586. The van der Waals surface area contributed by atoms with Crippen molar-refractivity contribution in [3.63, 3.8) is 0 Å². The van der Waals surface area contributed by atoms with E-state index in [-0.39, 0.29) is 0 Å². The molecular weight excluding hydrogens is 374 g/mol. The highest BCUT2D eigenvalue weighted by Gasteiger charge is 2.12. The normalized spacial score (nSPS) is 12.7. The summed E-state index contributed by atoms with van der Waals surface area (Å²) in [5.41, 5.74) is 1.25. The fourth-order valence-corrected chi connectivity index (χ4v) is 4.55. The molecule has 2 rings (SSSR count). The molecule has 2 aromatic rings. The van der Waals surface area contributed by atoms with Crippen molar-refractivity contribution < 1.29 is 0 Å². The molecule has 4 heteroatoms. The van der Waals surface area contributed by atoms with Gasteiger partial charge in [-0.15, -0.1) is 11.3 Å². The Kier molecular flexibility index (Phi) is 5.01. The predicted octanol–water partition coefficient (Wildman–Crippen LogP) is 5.61. The Balaban J connectivity index is 2.34. The zero-order valence-electron chi connectivity index (χ0n) is 10.3. The van der Waals surface area contributed by atoms with Crippen LogP contribution in [0.2, 0.25) is 0 Å². The molecule has 96 valence electrons. The summed E-state index contributed by atoms with van der Waals surface area (Å²) < 4.78 is 2.22. The molecule has 0 aliphatic carbocycles. The Morgan fingerprint density at radius 2 is 2.00 bits per heavy atom. The number of rotatable bonds is 4. The van der Waals surface area contributed by atoms with Crippen LogP contribution >= 0.6 is 43.2 Å². The summed E-state index contributed by atoms with van der Waals surface area (Å²) in [5.74, 6) is 0. The second kappa shape index (κ2) is 6.33. The fraction of sp³-hybridized carbons (Fsp3) is 0.286. The quantitative estimate of drug-likeness (QED) is 0.717. The van der Waals surface area contributed by atoms with Gasteiger partial charge in [-0.25, -0.2) is 0 Å². The number of hydrogen-bond acceptors (Lipinski definition) is 2. The van der Waals surface area contributed by atoms with Crippen LogP contribution in [0.4, 0.5) is 0 Å². The second-order valence-electron chi connectivity index (χ2n) is 4.08. The number of halogens is 2. The average Bonchev–Trinajstić information content (AvgIpc) is 2.80. The van der Waals surface area contributed by atoms with E-state index in [1.165, 1.54) is 15.3 Å². The predicted molar refractivity (Wildman–Crippen MR) is 87.2 cm³/mol. The van der Waals surface area contributed by atoms with E-state index < -0.39 is 0 Å². The van der Waals surface area contributed by atoms with E-state index in [9.17, 15) is 0 Å². The minimum Gasteiger partial charge on any atom is -0.312 e. The van der Waals surface area contributed by atoms with Gasteiger partial charge in [0.1, 0.15) is 0 Å². The van der Waals surface area contributed by atoms with Gasteiger partial charge in [0.05, 0.1) is 0 Å². The zero-order valence-corrected chi connectivity index (χ0v) is 14.3. The van der Waals surface area contributed by atoms with Crippen molar-refractivity contribution in [3.8, 4) is 10.4 Å². The first-order valence-electron chi connectivity index (χ1n) is 5.88. The molecule has 1 heterocycles. The van der Waals surface area contributed by atoms with Crippen LogP contribution in [0.3, 0.4) is 0 Å². The lowest BCUT2D eigenvalue weighted by Crippen LogP contribution is -2.13. The maximum atomic E-state index is 3.63. The van der Waals surface area contributed by atoms with Gasteiger partial charge in [-0.2, -0.15) is 0 Å². The first-order valence-corrected chi connectivity index (χ1v) is 8.28. The van der Waals surface area contributed by atoms with Gasteiger partial charge < -0.3 is 5.32 Å². The van der Waals surface area contributed by atoms with Crippen LogP contribution < -0.4 is 5.32 Å². The smallest absolute Gasteiger partial charge is 0.0409 e. The van der Waals surface area contributed by atoms with Gasteiger partial charge in [-0.05, 0) is 37.7 Å². The number of hydrogen-bond donors (Lipinski definition) is 1. The Bertz CT molecular complexity index is 532. The molecule has 0 fully saturated rings. The Morgan fingerprint density at radius 1 is 1.22 bits per heavy atom. The minimum atomic E-state index is 0.456. The van der Waals surface area contributed by atoms with E-state index >= 15 is 0 Å². The van der Waals surface area contributed by atoms with Crippen molar-refractivity contribution >= 4 is 43.2 Å². The molecule has 0 amide bonds. The van der Waals surface area contributed by atoms with E-state index in [2.05, 4.69) is 74.4 Å². The number of thiophene rings is 1. The van der Waals surface area contributed by atoms with Crippen LogP contribution in [0, 0.1) is 0 Å². The van der Waals surface area contributed by atoms with Gasteiger partial charge in [0, 0.05) is 30.3 Å². The van der Waals surface area contributed by atoms with E-state index in [1.807, 2.05) is 18.4 Å². The van der Waals surface area contributed by atoms with Crippen molar-refractivity contribution in [1.29, 1.82) is 0 Å². The van der Waals surface area contributed by atoms with Gasteiger partial charge >= 0.3 is 0 Å². The maximum Gasteiger partial charge on any atom is 0.0409 e. The third-order valence-electron chi connectivity index (χ3n) is 2.92. The summed E-state index contributed by atoms with van der Waals surface area (Å²) >= 11 is 8.96. The van der Waals surface area contributed by atoms with Gasteiger partial charge in [0.2, 0.25) is 0 Å². The van der Waals surface area contributed by atoms with E-state index in [1.54, 1.807) is 0 Å². The molecule has 0 saturated carbocycles. The van der Waals surface area contributed by atoms with Crippen molar-refractivity contribution in [2.75, 3.05) is 7.05 Å². The SMILES string of the molecule is CCC(NC)c1ccc(-c2ccc(Br)cc2Br)s1. The van der Waals surface area contributed by atoms with Crippen LogP contribution in [0.25, 0.3) is 10.4 Å². The average molecular weight is 389 g/mol. The molecule has 0 bridgehead atoms. The molecule has 1 aromatic heterocycles. The first kappa shape index (κ1) is 14.3. The van der Waals surface area contributed by atoms with Gasteiger partial charge in [0.25, 0.3) is 0 Å². The van der Waals surface area contributed by atoms with Crippen molar-refractivity contribution in [1.82, 2.24) is 5.32 Å². The molecule has 1 nitrogen and oxygen atoms in total. The molecule has 0 saturated heterocycles. The molecule has 0 aliphatic heterocycles. The van der Waals surface area contributed by atoms with Crippen LogP contribution in [0.1, 0.15) is 24.3 Å². The molecule has 1 aromatic carbocycles. The molecule has 1 atom stereocenters. The van der Waals surface area contributed by atoms with Crippen LogP contribution in [-0.4, -0.2) is 7.05 Å². The highest BCUT2D eigenvalue weighted by atomic mass is 79.9. The highest BCUT2D eigenvalue weighted by Crippen LogP contribution is 2.37. The maximum absolute atomic E-state index is 3.63. The molecule has 1 unspecified atom stereocenters.